The lowest BCUT2D eigenvalue weighted by molar-refractivity contribution is -0.123. The maximum Gasteiger partial charge on any atom is 0.293 e. The SMILES string of the molecule is Cc1ccc(-n2c([C@H](Cc3cc(F)cc(F)c3)NC(=O)Cn3nc(C(F)F)c4c3C(F)(F)[C@@H]3C[C@H]43)nc3cc(N4C[C@@H](C)O[C@@H](C)C4)ccc3c2=O)c2c1c(NS(C)(=O)=O)nn2C. The fraction of sp³-hybridized carbons (Fsp3) is 0.405. The number of amides is 1. The second-order valence-electron chi connectivity index (χ2n) is 16.7. The third-order valence-electron chi connectivity index (χ3n) is 11.8. The molecular formula is C42H41F6N9O5S. The summed E-state index contributed by atoms with van der Waals surface area (Å²) in [4.78, 5) is 36.3. The first-order valence-electron chi connectivity index (χ1n) is 20.1. The molecule has 0 radical (unpaired) electrons. The Bertz CT molecular complexity index is 3010. The Balaban J connectivity index is 1.24. The number of benzene rings is 3. The number of morpholine rings is 1. The summed E-state index contributed by atoms with van der Waals surface area (Å²) in [6.07, 6.45) is -2.91. The molecule has 3 aromatic carbocycles. The molecule has 14 nitrogen and oxygen atoms in total. The summed E-state index contributed by atoms with van der Waals surface area (Å²) in [6, 6.07) is 9.44. The lowest BCUT2D eigenvalue weighted by Crippen LogP contribution is -2.45. The van der Waals surface area contributed by atoms with Gasteiger partial charge in [0.25, 0.3) is 17.9 Å². The molecule has 63 heavy (non-hydrogen) atoms. The number of fused-ring (bicyclic) bond motifs is 5. The molecule has 5 atom stereocenters. The van der Waals surface area contributed by atoms with Crippen LogP contribution in [0.3, 0.4) is 0 Å². The van der Waals surface area contributed by atoms with E-state index < -0.39 is 87.7 Å². The second kappa shape index (κ2) is 15.1. The standard InChI is InChI=1S/C42H41F6N9O5S/c1-19-6-9-31(36-33(19)39(52-54(36)4)53-63(5,60)61)57-40(50-29-14-25(7-8-26(29)41(57)59)55-16-20(2)62-21(3)17-55)30(12-22-10-23(43)13-24(44)11-22)49-32(58)18-56-37-34(35(51-56)38(45)46)27-15-28(27)42(37,47)48/h6-11,13-14,20-21,27-28,30,38H,12,15-18H2,1-5H3,(H,49,58)(H,52,53)/t20-,21+,27-,28+,30-/m0/s1. The molecule has 0 unspecified atom stereocenters. The maximum absolute atomic E-state index is 15.6. The van der Waals surface area contributed by atoms with Crippen molar-refractivity contribution in [2.24, 2.45) is 13.0 Å². The maximum atomic E-state index is 15.6. The third-order valence-corrected chi connectivity index (χ3v) is 12.4. The monoisotopic (exact) mass is 897 g/mol. The van der Waals surface area contributed by atoms with Gasteiger partial charge in [-0.2, -0.15) is 19.0 Å². The highest BCUT2D eigenvalue weighted by atomic mass is 32.2. The number of hydrogen-bond donors (Lipinski definition) is 2. The van der Waals surface area contributed by atoms with E-state index in [1.165, 1.54) is 16.3 Å². The molecule has 1 saturated heterocycles. The minimum atomic E-state index is -3.85. The molecule has 9 rings (SSSR count). The number of carbonyl (C=O) groups excluding carboxylic acids is 1. The van der Waals surface area contributed by atoms with Gasteiger partial charge in [-0.15, -0.1) is 0 Å². The Morgan fingerprint density at radius 3 is 2.38 bits per heavy atom. The first-order valence-corrected chi connectivity index (χ1v) is 22.0. The molecule has 3 aliphatic rings. The van der Waals surface area contributed by atoms with Gasteiger partial charge in [-0.05, 0) is 80.6 Å². The highest BCUT2D eigenvalue weighted by Gasteiger charge is 2.67. The molecule has 2 fully saturated rings. The van der Waals surface area contributed by atoms with Crippen molar-refractivity contribution < 1.29 is 44.3 Å². The van der Waals surface area contributed by atoms with Crippen LogP contribution in [0.15, 0.2) is 53.3 Å². The molecule has 2 N–H and O–H groups in total. The molecule has 2 aliphatic carbocycles. The normalized spacial score (nSPS) is 20.9. The fourth-order valence-electron chi connectivity index (χ4n) is 9.35. The number of aromatic nitrogens is 6. The lowest BCUT2D eigenvalue weighted by atomic mass is 10.0. The number of halogens is 6. The van der Waals surface area contributed by atoms with Crippen molar-refractivity contribution in [3.05, 3.63) is 104 Å². The molecule has 1 saturated carbocycles. The van der Waals surface area contributed by atoms with Crippen LogP contribution in [-0.4, -0.2) is 75.0 Å². The quantitative estimate of drug-likeness (QED) is 0.143. The van der Waals surface area contributed by atoms with Crippen LogP contribution in [-0.2, 0) is 45.5 Å². The van der Waals surface area contributed by atoms with E-state index in [1.807, 2.05) is 13.8 Å². The highest BCUT2D eigenvalue weighted by Crippen LogP contribution is 2.68. The zero-order valence-electron chi connectivity index (χ0n) is 34.5. The van der Waals surface area contributed by atoms with Gasteiger partial charge >= 0.3 is 0 Å². The highest BCUT2D eigenvalue weighted by molar-refractivity contribution is 7.92. The van der Waals surface area contributed by atoms with Gasteiger partial charge in [0.1, 0.15) is 35.4 Å². The number of carbonyl (C=O) groups is 1. The number of sulfonamides is 1. The van der Waals surface area contributed by atoms with E-state index in [1.54, 1.807) is 37.3 Å². The molecule has 0 bridgehead atoms. The smallest absolute Gasteiger partial charge is 0.293 e. The molecule has 332 valence electrons. The predicted molar refractivity (Wildman–Crippen MR) is 220 cm³/mol. The molecule has 6 aromatic rings. The Kier molecular flexibility index (Phi) is 10.1. The number of aryl methyl sites for hydroxylation is 2. The van der Waals surface area contributed by atoms with Crippen LogP contribution < -0.4 is 20.5 Å². The summed E-state index contributed by atoms with van der Waals surface area (Å²) in [5.41, 5.74) is -0.724. The number of alkyl halides is 4. The summed E-state index contributed by atoms with van der Waals surface area (Å²) >= 11 is 0. The van der Waals surface area contributed by atoms with Crippen LogP contribution in [0.25, 0.3) is 27.5 Å². The van der Waals surface area contributed by atoms with Gasteiger partial charge in [0, 0.05) is 49.8 Å². The van der Waals surface area contributed by atoms with Crippen molar-refractivity contribution in [3.63, 3.8) is 0 Å². The Morgan fingerprint density at radius 1 is 1.02 bits per heavy atom. The van der Waals surface area contributed by atoms with Gasteiger partial charge in [-0.25, -0.2) is 31.0 Å². The Labute approximate surface area is 355 Å². The van der Waals surface area contributed by atoms with E-state index in [0.29, 0.717) is 40.5 Å². The summed E-state index contributed by atoms with van der Waals surface area (Å²) in [7, 11) is -2.32. The number of anilines is 2. The summed E-state index contributed by atoms with van der Waals surface area (Å²) in [6.45, 7) is 5.63. The predicted octanol–water partition coefficient (Wildman–Crippen LogP) is 6.29. The van der Waals surface area contributed by atoms with Crippen molar-refractivity contribution >= 4 is 49.2 Å². The molecule has 3 aromatic heterocycles. The van der Waals surface area contributed by atoms with Gasteiger partial charge in [0.2, 0.25) is 15.9 Å². The average Bonchev–Trinajstić information content (AvgIpc) is 3.72. The van der Waals surface area contributed by atoms with Gasteiger partial charge < -0.3 is 15.0 Å². The van der Waals surface area contributed by atoms with Crippen molar-refractivity contribution in [1.82, 2.24) is 34.4 Å². The first kappa shape index (κ1) is 42.3. The molecule has 21 heteroatoms. The van der Waals surface area contributed by atoms with Crippen LogP contribution >= 0.6 is 0 Å². The van der Waals surface area contributed by atoms with Crippen LogP contribution in [0.5, 0.6) is 0 Å². The second-order valence-corrected chi connectivity index (χ2v) is 18.5. The van der Waals surface area contributed by atoms with Gasteiger partial charge in [-0.1, -0.05) is 6.07 Å². The number of hydrogen-bond acceptors (Lipinski definition) is 9. The summed E-state index contributed by atoms with van der Waals surface area (Å²) in [5.74, 6) is -8.68. The zero-order valence-corrected chi connectivity index (χ0v) is 35.3. The average molecular weight is 898 g/mol. The van der Waals surface area contributed by atoms with E-state index in [9.17, 15) is 30.8 Å². The molecule has 4 heterocycles. The zero-order chi connectivity index (χ0) is 45.0. The van der Waals surface area contributed by atoms with E-state index in [4.69, 9.17) is 9.72 Å². The first-order chi connectivity index (χ1) is 29.7. The lowest BCUT2D eigenvalue weighted by Gasteiger charge is -2.37. The molecular weight excluding hydrogens is 857 g/mol. The van der Waals surface area contributed by atoms with E-state index in [0.717, 1.165) is 18.4 Å². The van der Waals surface area contributed by atoms with E-state index >= 15 is 13.6 Å². The van der Waals surface area contributed by atoms with Gasteiger partial charge in [0.15, 0.2) is 5.82 Å². The Hall–Kier alpha value is -5.96. The van der Waals surface area contributed by atoms with Crippen LogP contribution in [0.1, 0.15) is 72.6 Å². The number of rotatable bonds is 11. The van der Waals surface area contributed by atoms with Crippen LogP contribution in [0, 0.1) is 24.5 Å². The van der Waals surface area contributed by atoms with Crippen molar-refractivity contribution in [3.8, 4) is 5.69 Å². The van der Waals surface area contributed by atoms with Crippen molar-refractivity contribution in [2.75, 3.05) is 29.0 Å². The minimum Gasteiger partial charge on any atom is -0.372 e. The molecule has 1 aliphatic heterocycles. The van der Waals surface area contributed by atoms with Crippen molar-refractivity contribution in [2.45, 2.75) is 76.7 Å². The third kappa shape index (κ3) is 7.57. The minimum absolute atomic E-state index is 0.00421. The largest absolute Gasteiger partial charge is 0.372 e. The van der Waals surface area contributed by atoms with Crippen LogP contribution in [0.4, 0.5) is 37.8 Å². The topological polar surface area (TPSA) is 158 Å². The molecule has 0 spiro atoms. The van der Waals surface area contributed by atoms with Crippen LogP contribution in [0.2, 0.25) is 0 Å². The Morgan fingerprint density at radius 2 is 1.71 bits per heavy atom. The molecule has 1 amide bonds. The number of nitrogens with one attached hydrogen (secondary N) is 2. The number of nitrogens with zero attached hydrogens (tertiary/aromatic N) is 7. The van der Waals surface area contributed by atoms with E-state index in [-0.39, 0.29) is 63.5 Å². The van der Waals surface area contributed by atoms with Gasteiger partial charge in [-0.3, -0.25) is 28.2 Å². The summed E-state index contributed by atoms with van der Waals surface area (Å²) in [5, 5.41) is 11.3. The summed E-state index contributed by atoms with van der Waals surface area (Å²) < 4.78 is 125. The van der Waals surface area contributed by atoms with Crippen molar-refractivity contribution in [1.29, 1.82) is 0 Å². The fourth-order valence-corrected chi connectivity index (χ4v) is 9.85. The number of ether oxygens (including phenoxy) is 1. The van der Waals surface area contributed by atoms with Gasteiger partial charge in [0.05, 0.1) is 52.0 Å². The van der Waals surface area contributed by atoms with E-state index in [2.05, 4.69) is 25.1 Å².